The molecule has 0 bridgehead atoms. The average molecular weight is 262 g/mol. The second kappa shape index (κ2) is 6.11. The number of pyridine rings is 1. The van der Waals surface area contributed by atoms with Gasteiger partial charge in [0.25, 0.3) is 5.91 Å². The van der Waals surface area contributed by atoms with Crippen LogP contribution in [-0.2, 0) is 6.54 Å². The summed E-state index contributed by atoms with van der Waals surface area (Å²) in [6.07, 6.45) is 4.98. The van der Waals surface area contributed by atoms with Crippen molar-refractivity contribution in [1.82, 2.24) is 15.3 Å². The zero-order valence-corrected chi connectivity index (χ0v) is 10.8. The molecule has 0 fully saturated rings. The summed E-state index contributed by atoms with van der Waals surface area (Å²) in [5.74, 6) is -0.132. The third kappa shape index (κ3) is 3.04. The first kappa shape index (κ1) is 12.5. The van der Waals surface area contributed by atoms with E-state index in [1.807, 2.05) is 6.92 Å². The number of rotatable bonds is 5. The summed E-state index contributed by atoms with van der Waals surface area (Å²) in [5, 5.41) is 5.99. The largest absolute Gasteiger partial charge is 0.385 e. The van der Waals surface area contributed by atoms with E-state index in [-0.39, 0.29) is 5.91 Å². The van der Waals surface area contributed by atoms with E-state index in [9.17, 15) is 4.79 Å². The molecule has 0 saturated carbocycles. The molecule has 0 aliphatic heterocycles. The first-order valence-corrected chi connectivity index (χ1v) is 6.52. The molecule has 1 amide bonds. The standard InChI is InChI=1S/C12H14N4OS/c1-2-15-11-3-4-13-7-10(11)12(17)16-6-9-5-14-8-18-9/h3-5,7-8H,2,6H2,1H3,(H,13,15)(H,16,17). The second-order valence-corrected chi connectivity index (χ2v) is 4.57. The van der Waals surface area contributed by atoms with Gasteiger partial charge in [-0.1, -0.05) is 0 Å². The van der Waals surface area contributed by atoms with Crippen molar-refractivity contribution in [3.8, 4) is 0 Å². The minimum atomic E-state index is -0.132. The van der Waals surface area contributed by atoms with E-state index >= 15 is 0 Å². The summed E-state index contributed by atoms with van der Waals surface area (Å²) in [6.45, 7) is 3.24. The maximum atomic E-state index is 12.0. The zero-order chi connectivity index (χ0) is 12.8. The van der Waals surface area contributed by atoms with Crippen LogP contribution in [0.2, 0.25) is 0 Å². The normalized spacial score (nSPS) is 10.1. The van der Waals surface area contributed by atoms with Gasteiger partial charge in [-0.3, -0.25) is 14.8 Å². The molecule has 0 aliphatic carbocycles. The lowest BCUT2D eigenvalue weighted by molar-refractivity contribution is 0.0951. The van der Waals surface area contributed by atoms with Gasteiger partial charge in [0, 0.05) is 30.0 Å². The number of nitrogens with one attached hydrogen (secondary N) is 2. The van der Waals surface area contributed by atoms with E-state index in [0.29, 0.717) is 12.1 Å². The molecule has 0 aliphatic rings. The highest BCUT2D eigenvalue weighted by molar-refractivity contribution is 7.09. The van der Waals surface area contributed by atoms with Gasteiger partial charge in [-0.05, 0) is 13.0 Å². The summed E-state index contributed by atoms with van der Waals surface area (Å²) in [7, 11) is 0. The Balaban J connectivity index is 2.04. The van der Waals surface area contributed by atoms with Crippen LogP contribution < -0.4 is 10.6 Å². The van der Waals surface area contributed by atoms with Crippen molar-refractivity contribution in [1.29, 1.82) is 0 Å². The number of carbonyl (C=O) groups excluding carboxylic acids is 1. The Bertz CT molecular complexity index is 513. The zero-order valence-electron chi connectivity index (χ0n) is 10.0. The van der Waals surface area contributed by atoms with Crippen LogP contribution in [0.1, 0.15) is 22.2 Å². The first-order chi connectivity index (χ1) is 8.81. The van der Waals surface area contributed by atoms with Gasteiger partial charge in [0.15, 0.2) is 0 Å². The summed E-state index contributed by atoms with van der Waals surface area (Å²) >= 11 is 1.52. The fraction of sp³-hybridized carbons (Fsp3) is 0.250. The molecule has 18 heavy (non-hydrogen) atoms. The SMILES string of the molecule is CCNc1ccncc1C(=O)NCc1cncs1. The average Bonchev–Trinajstić information content (AvgIpc) is 2.90. The van der Waals surface area contributed by atoms with Crippen LogP contribution in [0.4, 0.5) is 5.69 Å². The lowest BCUT2D eigenvalue weighted by Gasteiger charge is -2.09. The lowest BCUT2D eigenvalue weighted by atomic mass is 10.2. The maximum Gasteiger partial charge on any atom is 0.255 e. The predicted octanol–water partition coefficient (Wildman–Crippen LogP) is 1.90. The first-order valence-electron chi connectivity index (χ1n) is 5.64. The van der Waals surface area contributed by atoms with Crippen molar-refractivity contribution in [2.75, 3.05) is 11.9 Å². The molecule has 0 saturated heterocycles. The molecule has 2 N–H and O–H groups in total. The number of nitrogens with zero attached hydrogens (tertiary/aromatic N) is 2. The van der Waals surface area contributed by atoms with Crippen LogP contribution in [0.3, 0.4) is 0 Å². The molecular weight excluding hydrogens is 248 g/mol. The van der Waals surface area contributed by atoms with E-state index in [0.717, 1.165) is 17.1 Å². The molecular formula is C12H14N4OS. The van der Waals surface area contributed by atoms with Crippen molar-refractivity contribution >= 4 is 22.9 Å². The molecule has 2 heterocycles. The summed E-state index contributed by atoms with van der Waals surface area (Å²) in [4.78, 5) is 21.0. The van der Waals surface area contributed by atoms with Gasteiger partial charge in [-0.15, -0.1) is 11.3 Å². The van der Waals surface area contributed by atoms with Gasteiger partial charge in [-0.25, -0.2) is 0 Å². The molecule has 0 spiro atoms. The van der Waals surface area contributed by atoms with E-state index in [2.05, 4.69) is 20.6 Å². The van der Waals surface area contributed by atoms with Gasteiger partial charge in [0.1, 0.15) is 0 Å². The molecule has 0 unspecified atom stereocenters. The minimum Gasteiger partial charge on any atom is -0.385 e. The molecule has 0 atom stereocenters. The van der Waals surface area contributed by atoms with E-state index in [1.165, 1.54) is 11.3 Å². The van der Waals surface area contributed by atoms with Crippen LogP contribution in [0.15, 0.2) is 30.2 Å². The van der Waals surface area contributed by atoms with Crippen molar-refractivity contribution in [3.05, 3.63) is 40.6 Å². The van der Waals surface area contributed by atoms with Crippen LogP contribution in [0.25, 0.3) is 0 Å². The van der Waals surface area contributed by atoms with E-state index < -0.39 is 0 Å². The van der Waals surface area contributed by atoms with Crippen molar-refractivity contribution in [2.45, 2.75) is 13.5 Å². The monoisotopic (exact) mass is 262 g/mol. The van der Waals surface area contributed by atoms with Gasteiger partial charge in [-0.2, -0.15) is 0 Å². The highest BCUT2D eigenvalue weighted by Gasteiger charge is 2.10. The van der Waals surface area contributed by atoms with Gasteiger partial charge < -0.3 is 10.6 Å². The number of thiazole rings is 1. The summed E-state index contributed by atoms with van der Waals surface area (Å²) in [5.41, 5.74) is 3.11. The molecule has 2 aromatic rings. The highest BCUT2D eigenvalue weighted by atomic mass is 32.1. The Morgan fingerprint density at radius 3 is 3.00 bits per heavy atom. The van der Waals surface area contributed by atoms with Crippen molar-refractivity contribution < 1.29 is 4.79 Å². The lowest BCUT2D eigenvalue weighted by Crippen LogP contribution is -2.23. The fourth-order valence-corrected chi connectivity index (χ4v) is 2.05. The smallest absolute Gasteiger partial charge is 0.255 e. The minimum absolute atomic E-state index is 0.132. The second-order valence-electron chi connectivity index (χ2n) is 3.60. The summed E-state index contributed by atoms with van der Waals surface area (Å²) < 4.78 is 0. The van der Waals surface area contributed by atoms with E-state index in [4.69, 9.17) is 0 Å². The number of hydrogen-bond donors (Lipinski definition) is 2. The van der Waals surface area contributed by atoms with Crippen molar-refractivity contribution in [3.63, 3.8) is 0 Å². The molecule has 5 nitrogen and oxygen atoms in total. The molecule has 0 radical (unpaired) electrons. The quantitative estimate of drug-likeness (QED) is 0.863. The molecule has 6 heteroatoms. The third-order valence-electron chi connectivity index (χ3n) is 2.34. The highest BCUT2D eigenvalue weighted by Crippen LogP contribution is 2.13. The third-order valence-corrected chi connectivity index (χ3v) is 3.12. The number of carbonyl (C=O) groups is 1. The Kier molecular flexibility index (Phi) is 4.25. The van der Waals surface area contributed by atoms with Gasteiger partial charge in [0.05, 0.1) is 23.3 Å². The van der Waals surface area contributed by atoms with Gasteiger partial charge >= 0.3 is 0 Å². The van der Waals surface area contributed by atoms with Crippen LogP contribution >= 0.6 is 11.3 Å². The molecule has 2 aromatic heterocycles. The molecule has 2 rings (SSSR count). The van der Waals surface area contributed by atoms with Crippen molar-refractivity contribution in [2.24, 2.45) is 0 Å². The Morgan fingerprint density at radius 1 is 1.39 bits per heavy atom. The number of aromatic nitrogens is 2. The summed E-state index contributed by atoms with van der Waals surface area (Å²) in [6, 6.07) is 1.80. The van der Waals surface area contributed by atoms with Gasteiger partial charge in [0.2, 0.25) is 0 Å². The predicted molar refractivity (Wildman–Crippen MR) is 71.7 cm³/mol. The molecule has 0 aromatic carbocycles. The van der Waals surface area contributed by atoms with Crippen LogP contribution in [0.5, 0.6) is 0 Å². The number of hydrogen-bond acceptors (Lipinski definition) is 5. The Hall–Kier alpha value is -1.95. The van der Waals surface area contributed by atoms with Crippen LogP contribution in [-0.4, -0.2) is 22.4 Å². The Morgan fingerprint density at radius 2 is 2.28 bits per heavy atom. The maximum absolute atomic E-state index is 12.0. The van der Waals surface area contributed by atoms with E-state index in [1.54, 1.807) is 30.2 Å². The molecule has 94 valence electrons. The number of anilines is 1. The Labute approximate surface area is 109 Å². The fourth-order valence-electron chi connectivity index (χ4n) is 1.51. The topological polar surface area (TPSA) is 66.9 Å². The number of amides is 1. The van der Waals surface area contributed by atoms with Crippen LogP contribution in [0, 0.1) is 0 Å².